The van der Waals surface area contributed by atoms with E-state index in [2.05, 4.69) is 0 Å². The number of rotatable bonds is 2. The molecule has 0 aliphatic heterocycles. The molecule has 0 heterocycles. The van der Waals surface area contributed by atoms with Crippen LogP contribution in [0, 0.1) is 5.92 Å². The lowest BCUT2D eigenvalue weighted by atomic mass is 9.88. The van der Waals surface area contributed by atoms with Crippen molar-refractivity contribution >= 4 is 0 Å². The zero-order chi connectivity index (χ0) is 8.97. The van der Waals surface area contributed by atoms with Gasteiger partial charge in [-0.15, -0.1) is 0 Å². The molecule has 6 N–H and O–H groups in total. The van der Waals surface area contributed by atoms with Crippen LogP contribution in [0.3, 0.4) is 0 Å². The number of allylic oxidation sites excluding steroid dienone is 1. The molecule has 0 unspecified atom stereocenters. The van der Waals surface area contributed by atoms with Gasteiger partial charge < -0.3 is 17.2 Å². The molecule has 1 aliphatic carbocycles. The molecule has 3 heteroatoms. The summed E-state index contributed by atoms with van der Waals surface area (Å²) in [5.74, 6) is 0.619. The lowest BCUT2D eigenvalue weighted by Gasteiger charge is -2.19. The van der Waals surface area contributed by atoms with Gasteiger partial charge in [0.15, 0.2) is 0 Å². The predicted octanol–water partition coefficient (Wildman–Crippen LogP) is 0.653. The molecule has 12 heavy (non-hydrogen) atoms. The standard InChI is InChI=1S/C9H19N3/c10-8(9(11)12)6-7-4-2-1-3-5-7/h6-7,9H,1-5,10-12H2. The quantitative estimate of drug-likeness (QED) is 0.531. The highest BCUT2D eigenvalue weighted by Gasteiger charge is 2.11. The summed E-state index contributed by atoms with van der Waals surface area (Å²) in [4.78, 5) is 0. The van der Waals surface area contributed by atoms with Gasteiger partial charge in [-0.25, -0.2) is 0 Å². The average Bonchev–Trinajstić information content (AvgIpc) is 2.06. The van der Waals surface area contributed by atoms with Crippen molar-refractivity contribution in [1.82, 2.24) is 0 Å². The molecular weight excluding hydrogens is 150 g/mol. The van der Waals surface area contributed by atoms with Crippen LogP contribution in [0.2, 0.25) is 0 Å². The number of nitrogens with two attached hydrogens (primary N) is 3. The minimum atomic E-state index is -0.480. The average molecular weight is 169 g/mol. The van der Waals surface area contributed by atoms with Crippen molar-refractivity contribution in [2.45, 2.75) is 38.3 Å². The Balaban J connectivity index is 2.41. The van der Waals surface area contributed by atoms with Crippen LogP contribution in [-0.2, 0) is 0 Å². The fourth-order valence-corrected chi connectivity index (χ4v) is 1.68. The highest BCUT2D eigenvalue weighted by Crippen LogP contribution is 2.24. The molecule has 1 fully saturated rings. The molecule has 0 aromatic carbocycles. The Bertz CT molecular complexity index is 157. The highest BCUT2D eigenvalue weighted by atomic mass is 14.9. The molecule has 70 valence electrons. The van der Waals surface area contributed by atoms with Crippen molar-refractivity contribution in [2.24, 2.45) is 23.1 Å². The largest absolute Gasteiger partial charge is 0.400 e. The van der Waals surface area contributed by atoms with E-state index in [0.29, 0.717) is 11.6 Å². The third-order valence-corrected chi connectivity index (χ3v) is 2.46. The zero-order valence-corrected chi connectivity index (χ0v) is 7.50. The Morgan fingerprint density at radius 2 is 1.75 bits per heavy atom. The van der Waals surface area contributed by atoms with E-state index in [0.717, 1.165) is 0 Å². The summed E-state index contributed by atoms with van der Waals surface area (Å²) in [5.41, 5.74) is 17.2. The highest BCUT2D eigenvalue weighted by molar-refractivity contribution is 5.05. The van der Waals surface area contributed by atoms with Crippen LogP contribution in [0.15, 0.2) is 11.8 Å². The summed E-state index contributed by atoms with van der Waals surface area (Å²) in [6.07, 6.45) is 8.04. The van der Waals surface area contributed by atoms with Gasteiger partial charge in [-0.2, -0.15) is 0 Å². The minimum absolute atomic E-state index is 0.480. The Labute approximate surface area is 74.0 Å². The third-order valence-electron chi connectivity index (χ3n) is 2.46. The van der Waals surface area contributed by atoms with E-state index >= 15 is 0 Å². The van der Waals surface area contributed by atoms with Crippen LogP contribution < -0.4 is 17.2 Å². The SMILES string of the molecule is NC(=CC1CCCCC1)C(N)N. The van der Waals surface area contributed by atoms with E-state index < -0.39 is 6.17 Å². The van der Waals surface area contributed by atoms with E-state index in [-0.39, 0.29) is 0 Å². The second-order valence-corrected chi connectivity index (χ2v) is 3.59. The fraction of sp³-hybridized carbons (Fsp3) is 0.778. The molecule has 0 saturated heterocycles. The second kappa shape index (κ2) is 4.48. The van der Waals surface area contributed by atoms with Crippen molar-refractivity contribution in [3.05, 3.63) is 11.8 Å². The topological polar surface area (TPSA) is 78.1 Å². The number of hydrogen-bond donors (Lipinski definition) is 3. The third kappa shape index (κ3) is 2.83. The molecule has 0 spiro atoms. The lowest BCUT2D eigenvalue weighted by Crippen LogP contribution is -2.36. The molecule has 1 rings (SSSR count). The molecule has 0 radical (unpaired) electrons. The number of hydrogen-bond acceptors (Lipinski definition) is 3. The maximum Gasteiger partial charge on any atom is 0.0928 e. The molecule has 0 aromatic heterocycles. The molecule has 0 bridgehead atoms. The molecular formula is C9H19N3. The second-order valence-electron chi connectivity index (χ2n) is 3.59. The minimum Gasteiger partial charge on any atom is -0.400 e. The van der Waals surface area contributed by atoms with Crippen LogP contribution in [0.5, 0.6) is 0 Å². The maximum absolute atomic E-state index is 5.66. The van der Waals surface area contributed by atoms with Crippen LogP contribution in [-0.4, -0.2) is 6.17 Å². The van der Waals surface area contributed by atoms with E-state index in [1.807, 2.05) is 6.08 Å². The summed E-state index contributed by atoms with van der Waals surface area (Å²) in [7, 11) is 0. The Kier molecular flexibility index (Phi) is 3.56. The summed E-state index contributed by atoms with van der Waals surface area (Å²) in [5, 5.41) is 0. The van der Waals surface area contributed by atoms with Crippen molar-refractivity contribution in [1.29, 1.82) is 0 Å². The summed E-state index contributed by atoms with van der Waals surface area (Å²) < 4.78 is 0. The van der Waals surface area contributed by atoms with Crippen LogP contribution in [0.4, 0.5) is 0 Å². The first-order valence-electron chi connectivity index (χ1n) is 4.68. The first-order chi connectivity index (χ1) is 5.70. The monoisotopic (exact) mass is 169 g/mol. The molecule has 0 amide bonds. The van der Waals surface area contributed by atoms with E-state index in [1.165, 1.54) is 32.1 Å². The van der Waals surface area contributed by atoms with Gasteiger partial charge in [0.05, 0.1) is 6.17 Å². The van der Waals surface area contributed by atoms with E-state index in [4.69, 9.17) is 17.2 Å². The van der Waals surface area contributed by atoms with Gasteiger partial charge in [0.1, 0.15) is 0 Å². The summed E-state index contributed by atoms with van der Waals surface area (Å²) in [6, 6.07) is 0. The summed E-state index contributed by atoms with van der Waals surface area (Å²) in [6.45, 7) is 0. The normalized spacial score (nSPS) is 21.8. The Morgan fingerprint density at radius 1 is 1.17 bits per heavy atom. The lowest BCUT2D eigenvalue weighted by molar-refractivity contribution is 0.416. The van der Waals surface area contributed by atoms with Crippen molar-refractivity contribution < 1.29 is 0 Å². The van der Waals surface area contributed by atoms with Crippen LogP contribution in [0.25, 0.3) is 0 Å². The van der Waals surface area contributed by atoms with Gasteiger partial charge in [0.25, 0.3) is 0 Å². The molecule has 3 nitrogen and oxygen atoms in total. The van der Waals surface area contributed by atoms with Gasteiger partial charge in [-0.3, -0.25) is 0 Å². The smallest absolute Gasteiger partial charge is 0.0928 e. The molecule has 0 aromatic rings. The van der Waals surface area contributed by atoms with E-state index in [1.54, 1.807) is 0 Å². The first kappa shape index (κ1) is 9.55. The van der Waals surface area contributed by atoms with E-state index in [9.17, 15) is 0 Å². The van der Waals surface area contributed by atoms with Gasteiger partial charge in [0, 0.05) is 5.70 Å². The fourth-order valence-electron chi connectivity index (χ4n) is 1.68. The molecule has 1 saturated carbocycles. The van der Waals surface area contributed by atoms with Crippen LogP contribution >= 0.6 is 0 Å². The maximum atomic E-state index is 5.66. The van der Waals surface area contributed by atoms with Gasteiger partial charge in [-0.1, -0.05) is 25.3 Å². The summed E-state index contributed by atoms with van der Waals surface area (Å²) >= 11 is 0. The Hall–Kier alpha value is -0.540. The van der Waals surface area contributed by atoms with Gasteiger partial charge in [-0.05, 0) is 18.8 Å². The zero-order valence-electron chi connectivity index (χ0n) is 7.50. The molecule has 0 atom stereocenters. The van der Waals surface area contributed by atoms with Crippen molar-refractivity contribution in [3.63, 3.8) is 0 Å². The van der Waals surface area contributed by atoms with Gasteiger partial charge in [0.2, 0.25) is 0 Å². The first-order valence-corrected chi connectivity index (χ1v) is 4.68. The van der Waals surface area contributed by atoms with Crippen molar-refractivity contribution in [2.75, 3.05) is 0 Å². The predicted molar refractivity (Wildman–Crippen MR) is 51.0 cm³/mol. The van der Waals surface area contributed by atoms with Crippen LogP contribution in [0.1, 0.15) is 32.1 Å². The van der Waals surface area contributed by atoms with Crippen molar-refractivity contribution in [3.8, 4) is 0 Å². The van der Waals surface area contributed by atoms with Gasteiger partial charge >= 0.3 is 0 Å². The Morgan fingerprint density at radius 3 is 2.25 bits per heavy atom. The molecule has 1 aliphatic rings.